The fraction of sp³-hybridized carbons (Fsp3) is 0.500. The molecular weight excluding hydrogens is 124 g/mol. The molecule has 2 amide bonds. The first-order chi connectivity index (χ1) is 3.84. The lowest BCUT2D eigenvalue weighted by Gasteiger charge is -2.06. The first-order valence-electron chi connectivity index (χ1n) is 2.22. The molecule has 8 heavy (non-hydrogen) atoms. The number of aliphatic imine (C=N–C) groups is 1. The summed E-state index contributed by atoms with van der Waals surface area (Å²) in [5.74, 6) is 0. The van der Waals surface area contributed by atoms with E-state index in [-0.39, 0.29) is 6.03 Å². The van der Waals surface area contributed by atoms with Gasteiger partial charge >= 0.3 is 6.03 Å². The third-order valence-corrected chi connectivity index (χ3v) is 1.63. The fourth-order valence-corrected chi connectivity index (χ4v) is 0.907. The van der Waals surface area contributed by atoms with E-state index in [1.54, 1.807) is 10.5 Å². The molecule has 1 aliphatic heterocycles. The van der Waals surface area contributed by atoms with Crippen molar-refractivity contribution in [2.24, 2.45) is 4.99 Å². The van der Waals surface area contributed by atoms with Crippen LogP contribution in [-0.4, -0.2) is 29.4 Å². The summed E-state index contributed by atoms with van der Waals surface area (Å²) in [7, 11) is 0. The second kappa shape index (κ2) is 2.17. The van der Waals surface area contributed by atoms with Gasteiger partial charge in [0.2, 0.25) is 0 Å². The topological polar surface area (TPSA) is 32.7 Å². The number of hydrogen-bond acceptors (Lipinski definition) is 2. The molecule has 0 bridgehead atoms. The Bertz CT molecular complexity index is 134. The van der Waals surface area contributed by atoms with Gasteiger partial charge in [0.15, 0.2) is 0 Å². The number of hydrogen-bond donors (Lipinski definition) is 0. The number of urea groups is 1. The quantitative estimate of drug-likeness (QED) is 0.491. The van der Waals surface area contributed by atoms with Crippen molar-refractivity contribution < 1.29 is 4.79 Å². The van der Waals surface area contributed by atoms with Crippen LogP contribution in [0, 0.1) is 0 Å². The molecule has 0 aromatic carbocycles. The predicted molar refractivity (Wildman–Crippen MR) is 34.1 cm³/mol. The van der Waals surface area contributed by atoms with Gasteiger partial charge in [0.1, 0.15) is 0 Å². The van der Waals surface area contributed by atoms with Gasteiger partial charge in [0.05, 0.1) is 6.54 Å². The van der Waals surface area contributed by atoms with Crippen LogP contribution in [0.25, 0.3) is 0 Å². The van der Waals surface area contributed by atoms with Crippen molar-refractivity contribution in [2.45, 2.75) is 0 Å². The second-order valence-corrected chi connectivity index (χ2v) is 2.14. The summed E-state index contributed by atoms with van der Waals surface area (Å²) < 4.78 is 1.58. The van der Waals surface area contributed by atoms with E-state index in [9.17, 15) is 4.79 Å². The first kappa shape index (κ1) is 5.62. The van der Waals surface area contributed by atoms with Gasteiger partial charge in [-0.05, 0) is 11.9 Å². The van der Waals surface area contributed by atoms with Crippen LogP contribution >= 0.6 is 11.9 Å². The van der Waals surface area contributed by atoms with Gasteiger partial charge in [0.25, 0.3) is 0 Å². The molecule has 0 aromatic heterocycles. The Hall–Kier alpha value is -0.510. The minimum absolute atomic E-state index is 0.141. The van der Waals surface area contributed by atoms with Crippen molar-refractivity contribution >= 4 is 24.2 Å². The highest BCUT2D eigenvalue weighted by molar-refractivity contribution is 7.96. The van der Waals surface area contributed by atoms with E-state index in [0.717, 1.165) is 0 Å². The molecular formula is C4H6N2OS. The highest BCUT2D eigenvalue weighted by Gasteiger charge is 2.13. The number of carbonyl (C=O) groups is 1. The zero-order chi connectivity index (χ0) is 5.98. The summed E-state index contributed by atoms with van der Waals surface area (Å²) >= 11 is 1.40. The zero-order valence-electron chi connectivity index (χ0n) is 4.50. The average Bonchev–Trinajstić information content (AvgIpc) is 2.14. The minimum Gasteiger partial charge on any atom is -0.261 e. The minimum atomic E-state index is -0.141. The summed E-state index contributed by atoms with van der Waals surface area (Å²) in [4.78, 5) is 14.0. The molecule has 1 aliphatic rings. The molecule has 0 unspecified atom stereocenters. The Morgan fingerprint density at radius 2 is 2.75 bits per heavy atom. The van der Waals surface area contributed by atoms with E-state index in [4.69, 9.17) is 0 Å². The van der Waals surface area contributed by atoms with Crippen LogP contribution in [-0.2, 0) is 0 Å². The van der Waals surface area contributed by atoms with Gasteiger partial charge in [0, 0.05) is 12.5 Å². The van der Waals surface area contributed by atoms with Crippen molar-refractivity contribution in [3.63, 3.8) is 0 Å². The van der Waals surface area contributed by atoms with Crippen LogP contribution in [0.5, 0.6) is 0 Å². The normalized spacial score (nSPS) is 18.1. The third kappa shape index (κ3) is 0.838. The van der Waals surface area contributed by atoms with E-state index in [1.165, 1.54) is 11.9 Å². The second-order valence-electron chi connectivity index (χ2n) is 1.34. The number of amides is 2. The summed E-state index contributed by atoms with van der Waals surface area (Å²) in [5, 5.41) is 0. The maximum atomic E-state index is 10.5. The van der Waals surface area contributed by atoms with Crippen molar-refractivity contribution in [3.8, 4) is 0 Å². The van der Waals surface area contributed by atoms with E-state index in [2.05, 4.69) is 4.99 Å². The van der Waals surface area contributed by atoms with Crippen molar-refractivity contribution in [1.29, 1.82) is 0 Å². The Kier molecular flexibility index (Phi) is 1.53. The van der Waals surface area contributed by atoms with Crippen molar-refractivity contribution in [1.82, 2.24) is 4.31 Å². The van der Waals surface area contributed by atoms with E-state index in [1.807, 2.05) is 6.26 Å². The molecule has 0 aliphatic carbocycles. The van der Waals surface area contributed by atoms with Crippen LogP contribution in [0.15, 0.2) is 4.99 Å². The number of carbonyl (C=O) groups excluding carboxylic acids is 1. The highest BCUT2D eigenvalue weighted by Crippen LogP contribution is 2.08. The van der Waals surface area contributed by atoms with Crippen molar-refractivity contribution in [3.05, 3.63) is 0 Å². The molecule has 44 valence electrons. The molecule has 3 nitrogen and oxygen atoms in total. The Balaban J connectivity index is 2.51. The van der Waals surface area contributed by atoms with Gasteiger partial charge in [-0.15, -0.1) is 0 Å². The summed E-state index contributed by atoms with van der Waals surface area (Å²) in [5.41, 5.74) is 0. The highest BCUT2D eigenvalue weighted by atomic mass is 32.2. The maximum Gasteiger partial charge on any atom is 0.353 e. The molecule has 0 saturated heterocycles. The third-order valence-electron chi connectivity index (χ3n) is 0.883. The molecule has 0 saturated carbocycles. The van der Waals surface area contributed by atoms with Crippen LogP contribution in [0.3, 0.4) is 0 Å². The number of rotatable bonds is 1. The molecule has 1 rings (SSSR count). The van der Waals surface area contributed by atoms with Gasteiger partial charge in [-0.25, -0.2) is 9.79 Å². The van der Waals surface area contributed by atoms with Crippen LogP contribution in [0.1, 0.15) is 0 Å². The van der Waals surface area contributed by atoms with Crippen LogP contribution in [0.2, 0.25) is 0 Å². The molecule has 0 aromatic rings. The monoisotopic (exact) mass is 130 g/mol. The summed E-state index contributed by atoms with van der Waals surface area (Å²) in [6.45, 7) is 0.653. The van der Waals surface area contributed by atoms with Crippen LogP contribution in [0.4, 0.5) is 4.79 Å². The van der Waals surface area contributed by atoms with Gasteiger partial charge in [-0.3, -0.25) is 4.31 Å². The summed E-state index contributed by atoms with van der Waals surface area (Å²) in [6, 6.07) is -0.141. The lowest BCUT2D eigenvalue weighted by molar-refractivity contribution is 0.241. The largest absolute Gasteiger partial charge is 0.353 e. The number of nitrogens with zero attached hydrogens (tertiary/aromatic N) is 2. The molecule has 4 heteroatoms. The SMILES string of the molecule is CSN1CC=NC1=O. The molecule has 0 atom stereocenters. The molecule has 0 N–H and O–H groups in total. The molecule has 0 radical (unpaired) electrons. The van der Waals surface area contributed by atoms with E-state index < -0.39 is 0 Å². The van der Waals surface area contributed by atoms with E-state index >= 15 is 0 Å². The summed E-state index contributed by atoms with van der Waals surface area (Å²) in [6.07, 6.45) is 3.46. The standard InChI is InChI=1S/C4H6N2OS/c1-8-6-3-2-5-4(6)7/h2H,3H2,1H3. The van der Waals surface area contributed by atoms with Gasteiger partial charge in [-0.1, -0.05) is 0 Å². The lowest BCUT2D eigenvalue weighted by atomic mass is 10.8. The molecule has 0 fully saturated rings. The average molecular weight is 130 g/mol. The van der Waals surface area contributed by atoms with Gasteiger partial charge < -0.3 is 0 Å². The Morgan fingerprint density at radius 1 is 2.00 bits per heavy atom. The fourth-order valence-electron chi connectivity index (χ4n) is 0.488. The van der Waals surface area contributed by atoms with Crippen molar-refractivity contribution in [2.75, 3.05) is 12.8 Å². The smallest absolute Gasteiger partial charge is 0.261 e. The van der Waals surface area contributed by atoms with E-state index in [0.29, 0.717) is 6.54 Å². The Labute approximate surface area is 51.9 Å². The Morgan fingerprint density at radius 3 is 3.00 bits per heavy atom. The maximum absolute atomic E-state index is 10.5. The zero-order valence-corrected chi connectivity index (χ0v) is 5.31. The van der Waals surface area contributed by atoms with Crippen LogP contribution < -0.4 is 0 Å². The first-order valence-corrected chi connectivity index (χ1v) is 3.41. The van der Waals surface area contributed by atoms with Gasteiger partial charge in [-0.2, -0.15) is 0 Å². The predicted octanol–water partition coefficient (Wildman–Crippen LogP) is 0.771. The molecule has 1 heterocycles. The molecule has 0 spiro atoms. The lowest BCUT2D eigenvalue weighted by Crippen LogP contribution is -2.14.